The summed E-state index contributed by atoms with van der Waals surface area (Å²) in [6.45, 7) is 11.1. The highest BCUT2D eigenvalue weighted by Gasteiger charge is 2.34. The second kappa shape index (κ2) is 8.68. The first-order chi connectivity index (χ1) is 11.8. The summed E-state index contributed by atoms with van der Waals surface area (Å²) in [5, 5.41) is 10.8. The van der Waals surface area contributed by atoms with Gasteiger partial charge < -0.3 is 20.7 Å². The number of rotatable bonds is 5. The van der Waals surface area contributed by atoms with Crippen LogP contribution in [0.5, 0.6) is 0 Å². The maximum Gasteiger partial charge on any atom is 0.191 e. The fourth-order valence-electron chi connectivity index (χ4n) is 3.21. The number of aliphatic imine (C=N–C) groups is 1. The fourth-order valence-corrected chi connectivity index (χ4v) is 3.21. The lowest BCUT2D eigenvalue weighted by Crippen LogP contribution is -2.59. The molecule has 1 aliphatic heterocycles. The molecule has 0 radical (unpaired) electrons. The molecule has 1 saturated heterocycles. The van der Waals surface area contributed by atoms with Gasteiger partial charge in [0.15, 0.2) is 5.96 Å². The van der Waals surface area contributed by atoms with Crippen LogP contribution >= 0.6 is 0 Å². The SMILES string of the molecule is CN=C(NCC1(NC(C)c2ccccc2)CCOCC1)NC(C)(C)C. The minimum absolute atomic E-state index is 0.00299. The second-order valence-electron chi connectivity index (χ2n) is 7.97. The van der Waals surface area contributed by atoms with Crippen molar-refractivity contribution in [1.29, 1.82) is 0 Å². The maximum atomic E-state index is 5.61. The third kappa shape index (κ3) is 6.33. The number of hydrogen-bond acceptors (Lipinski definition) is 3. The van der Waals surface area contributed by atoms with Gasteiger partial charge in [-0.05, 0) is 46.1 Å². The molecule has 0 saturated carbocycles. The van der Waals surface area contributed by atoms with Crippen molar-refractivity contribution in [3.05, 3.63) is 35.9 Å². The quantitative estimate of drug-likeness (QED) is 0.567. The van der Waals surface area contributed by atoms with E-state index in [0.717, 1.165) is 38.6 Å². The molecule has 2 rings (SSSR count). The predicted molar refractivity (Wildman–Crippen MR) is 105 cm³/mol. The zero-order valence-electron chi connectivity index (χ0n) is 16.4. The topological polar surface area (TPSA) is 57.7 Å². The molecule has 1 fully saturated rings. The van der Waals surface area contributed by atoms with Crippen molar-refractivity contribution in [3.63, 3.8) is 0 Å². The Bertz CT molecular complexity index is 545. The van der Waals surface area contributed by atoms with Crippen LogP contribution < -0.4 is 16.0 Å². The summed E-state index contributed by atoms with van der Waals surface area (Å²) < 4.78 is 5.61. The fraction of sp³-hybridized carbons (Fsp3) is 0.650. The van der Waals surface area contributed by atoms with E-state index in [9.17, 15) is 0 Å². The zero-order chi connectivity index (χ0) is 18.3. The van der Waals surface area contributed by atoms with Gasteiger partial charge in [0.05, 0.1) is 0 Å². The van der Waals surface area contributed by atoms with Gasteiger partial charge in [-0.25, -0.2) is 0 Å². The second-order valence-corrected chi connectivity index (χ2v) is 7.97. The molecule has 1 heterocycles. The van der Waals surface area contributed by atoms with Crippen LogP contribution in [0.3, 0.4) is 0 Å². The number of hydrogen-bond donors (Lipinski definition) is 3. The Morgan fingerprint density at radius 3 is 2.40 bits per heavy atom. The molecule has 1 aromatic rings. The van der Waals surface area contributed by atoms with E-state index in [2.05, 4.69) is 79.0 Å². The van der Waals surface area contributed by atoms with Gasteiger partial charge in [-0.1, -0.05) is 30.3 Å². The van der Waals surface area contributed by atoms with Crippen LogP contribution in [-0.2, 0) is 4.74 Å². The van der Waals surface area contributed by atoms with Crippen molar-refractivity contribution in [2.24, 2.45) is 4.99 Å². The van der Waals surface area contributed by atoms with Crippen LogP contribution in [0.4, 0.5) is 0 Å². The average molecular weight is 347 g/mol. The molecule has 1 aliphatic rings. The highest BCUT2D eigenvalue weighted by Crippen LogP contribution is 2.25. The van der Waals surface area contributed by atoms with Crippen LogP contribution in [0.25, 0.3) is 0 Å². The van der Waals surface area contributed by atoms with Crippen LogP contribution in [-0.4, -0.2) is 43.8 Å². The Hall–Kier alpha value is -1.59. The maximum absolute atomic E-state index is 5.61. The Morgan fingerprint density at radius 2 is 1.84 bits per heavy atom. The first-order valence-corrected chi connectivity index (χ1v) is 9.23. The highest BCUT2D eigenvalue weighted by atomic mass is 16.5. The van der Waals surface area contributed by atoms with Crippen LogP contribution in [0.15, 0.2) is 35.3 Å². The van der Waals surface area contributed by atoms with E-state index in [4.69, 9.17) is 4.74 Å². The lowest BCUT2D eigenvalue weighted by Gasteiger charge is -2.41. The van der Waals surface area contributed by atoms with Gasteiger partial charge in [0, 0.05) is 43.9 Å². The smallest absolute Gasteiger partial charge is 0.191 e. The summed E-state index contributed by atoms with van der Waals surface area (Å²) in [6.07, 6.45) is 1.98. The molecule has 5 heteroatoms. The molecule has 0 amide bonds. The molecule has 1 aromatic carbocycles. The van der Waals surface area contributed by atoms with E-state index in [1.165, 1.54) is 5.56 Å². The van der Waals surface area contributed by atoms with Gasteiger partial charge in [0.25, 0.3) is 0 Å². The molecule has 0 spiro atoms. The monoisotopic (exact) mass is 346 g/mol. The van der Waals surface area contributed by atoms with E-state index in [-0.39, 0.29) is 11.1 Å². The molecule has 0 bridgehead atoms. The van der Waals surface area contributed by atoms with E-state index in [1.807, 2.05) is 7.05 Å². The Labute approximate surface area is 152 Å². The van der Waals surface area contributed by atoms with E-state index < -0.39 is 0 Å². The molecule has 1 atom stereocenters. The number of nitrogens with one attached hydrogen (secondary N) is 3. The Balaban J connectivity index is 2.04. The van der Waals surface area contributed by atoms with Gasteiger partial charge in [0.1, 0.15) is 0 Å². The lowest BCUT2D eigenvalue weighted by atomic mass is 9.88. The molecule has 5 nitrogen and oxygen atoms in total. The van der Waals surface area contributed by atoms with Crippen LogP contribution in [0, 0.1) is 0 Å². The first-order valence-electron chi connectivity index (χ1n) is 9.23. The Kier molecular flexibility index (Phi) is 6.85. The van der Waals surface area contributed by atoms with E-state index >= 15 is 0 Å². The van der Waals surface area contributed by atoms with Gasteiger partial charge in [0.2, 0.25) is 0 Å². The standard InChI is InChI=1S/C20H34N4O/c1-16(17-9-7-6-8-10-17)23-20(11-13-25-14-12-20)15-22-18(21-5)24-19(2,3)4/h6-10,16,23H,11-15H2,1-5H3,(H2,21,22,24). The average Bonchev–Trinajstić information content (AvgIpc) is 2.59. The van der Waals surface area contributed by atoms with Crippen LogP contribution in [0.2, 0.25) is 0 Å². The summed E-state index contributed by atoms with van der Waals surface area (Å²) in [5.41, 5.74) is 1.30. The molecular weight excluding hydrogens is 312 g/mol. The lowest BCUT2D eigenvalue weighted by molar-refractivity contribution is 0.0354. The number of nitrogens with zero attached hydrogens (tertiary/aromatic N) is 1. The highest BCUT2D eigenvalue weighted by molar-refractivity contribution is 5.80. The molecule has 0 aromatic heterocycles. The first kappa shape index (κ1) is 19.7. The van der Waals surface area contributed by atoms with Crippen molar-refractivity contribution in [3.8, 4) is 0 Å². The summed E-state index contributed by atoms with van der Waals surface area (Å²) in [7, 11) is 1.82. The minimum Gasteiger partial charge on any atom is -0.381 e. The summed E-state index contributed by atoms with van der Waals surface area (Å²) in [5.74, 6) is 0.840. The number of ether oxygens (including phenoxy) is 1. The minimum atomic E-state index is -0.0184. The molecule has 140 valence electrons. The van der Waals surface area contributed by atoms with Crippen molar-refractivity contribution >= 4 is 5.96 Å². The van der Waals surface area contributed by atoms with Gasteiger partial charge >= 0.3 is 0 Å². The van der Waals surface area contributed by atoms with Gasteiger partial charge in [-0.3, -0.25) is 4.99 Å². The van der Waals surface area contributed by atoms with E-state index in [1.54, 1.807) is 0 Å². The number of benzene rings is 1. The summed E-state index contributed by atoms with van der Waals surface area (Å²) in [6, 6.07) is 10.9. The molecular formula is C20H34N4O. The largest absolute Gasteiger partial charge is 0.381 e. The molecule has 25 heavy (non-hydrogen) atoms. The third-order valence-corrected chi connectivity index (χ3v) is 4.58. The zero-order valence-corrected chi connectivity index (χ0v) is 16.4. The summed E-state index contributed by atoms with van der Waals surface area (Å²) in [4.78, 5) is 4.36. The van der Waals surface area contributed by atoms with Crippen LogP contribution in [0.1, 0.15) is 52.1 Å². The van der Waals surface area contributed by atoms with Crippen molar-refractivity contribution in [1.82, 2.24) is 16.0 Å². The molecule has 3 N–H and O–H groups in total. The normalized spacial score (nSPS) is 19.3. The third-order valence-electron chi connectivity index (χ3n) is 4.58. The van der Waals surface area contributed by atoms with Crippen molar-refractivity contribution < 1.29 is 4.74 Å². The van der Waals surface area contributed by atoms with Crippen molar-refractivity contribution in [2.75, 3.05) is 26.8 Å². The predicted octanol–water partition coefficient (Wildman–Crippen LogP) is 2.85. The Morgan fingerprint density at radius 1 is 1.20 bits per heavy atom. The summed E-state index contributed by atoms with van der Waals surface area (Å²) >= 11 is 0. The molecule has 1 unspecified atom stereocenters. The number of guanidine groups is 1. The van der Waals surface area contributed by atoms with Gasteiger partial charge in [-0.2, -0.15) is 0 Å². The van der Waals surface area contributed by atoms with E-state index in [0.29, 0.717) is 6.04 Å². The van der Waals surface area contributed by atoms with Gasteiger partial charge in [-0.15, -0.1) is 0 Å². The van der Waals surface area contributed by atoms with Crippen molar-refractivity contribution in [2.45, 2.75) is 57.7 Å². The molecule has 0 aliphatic carbocycles.